The van der Waals surface area contributed by atoms with E-state index in [0.29, 0.717) is 6.54 Å². The van der Waals surface area contributed by atoms with Crippen molar-refractivity contribution in [2.24, 2.45) is 11.8 Å². The zero-order chi connectivity index (χ0) is 14.5. The zero-order valence-electron chi connectivity index (χ0n) is 12.7. The Kier molecular flexibility index (Phi) is 5.40. The second-order valence-corrected chi connectivity index (χ2v) is 6.01. The second kappa shape index (κ2) is 7.07. The molecule has 0 bridgehead atoms. The Morgan fingerprint density at radius 3 is 2.55 bits per heavy atom. The molecule has 2 unspecified atom stereocenters. The highest BCUT2D eigenvalue weighted by Crippen LogP contribution is 2.21. The van der Waals surface area contributed by atoms with Crippen LogP contribution in [0.15, 0.2) is 0 Å². The lowest BCUT2D eigenvalue weighted by molar-refractivity contribution is -0.143. The van der Waals surface area contributed by atoms with Crippen molar-refractivity contribution in [1.82, 2.24) is 15.1 Å². The van der Waals surface area contributed by atoms with E-state index in [1.807, 2.05) is 23.6 Å². The number of carbonyl (C=O) groups is 2. The number of amides is 2. The molecule has 0 aromatic carbocycles. The van der Waals surface area contributed by atoms with Crippen molar-refractivity contribution in [2.75, 3.05) is 39.3 Å². The van der Waals surface area contributed by atoms with Crippen LogP contribution in [-0.4, -0.2) is 60.9 Å². The van der Waals surface area contributed by atoms with Gasteiger partial charge in [0.2, 0.25) is 11.8 Å². The molecule has 2 atom stereocenters. The van der Waals surface area contributed by atoms with Gasteiger partial charge in [-0.2, -0.15) is 0 Å². The van der Waals surface area contributed by atoms with Crippen molar-refractivity contribution in [3.63, 3.8) is 0 Å². The number of hydrogen-bond acceptors (Lipinski definition) is 3. The molecule has 114 valence electrons. The van der Waals surface area contributed by atoms with Gasteiger partial charge in [0.25, 0.3) is 0 Å². The summed E-state index contributed by atoms with van der Waals surface area (Å²) in [7, 11) is 0. The highest BCUT2D eigenvalue weighted by atomic mass is 16.2. The monoisotopic (exact) mass is 281 g/mol. The number of hydrogen-bond donors (Lipinski definition) is 1. The molecule has 2 amide bonds. The molecule has 2 aliphatic heterocycles. The Morgan fingerprint density at radius 1 is 1.20 bits per heavy atom. The number of piperazine rings is 1. The van der Waals surface area contributed by atoms with Gasteiger partial charge in [-0.25, -0.2) is 0 Å². The molecule has 2 fully saturated rings. The van der Waals surface area contributed by atoms with Crippen LogP contribution in [0.5, 0.6) is 0 Å². The molecule has 0 aromatic heterocycles. The van der Waals surface area contributed by atoms with E-state index in [1.54, 1.807) is 0 Å². The van der Waals surface area contributed by atoms with Gasteiger partial charge in [0.1, 0.15) is 0 Å². The standard InChI is InChI=1S/C15H27N3O2/c1-3-12(2)14(19)18-8-4-5-13(11-18)15(20)17-9-6-16-7-10-17/h12-13,16H,3-11H2,1-2H3. The third-order valence-electron chi connectivity index (χ3n) is 4.54. The van der Waals surface area contributed by atoms with Gasteiger partial charge in [0.15, 0.2) is 0 Å². The maximum atomic E-state index is 12.5. The Hall–Kier alpha value is -1.10. The van der Waals surface area contributed by atoms with Crippen LogP contribution in [0.2, 0.25) is 0 Å². The molecule has 0 saturated carbocycles. The SMILES string of the molecule is CCC(C)C(=O)N1CCCC(C(=O)N2CCNCC2)C1. The zero-order valence-corrected chi connectivity index (χ0v) is 12.7. The summed E-state index contributed by atoms with van der Waals surface area (Å²) < 4.78 is 0. The van der Waals surface area contributed by atoms with E-state index < -0.39 is 0 Å². The van der Waals surface area contributed by atoms with Gasteiger partial charge in [0.05, 0.1) is 5.92 Å². The number of nitrogens with zero attached hydrogens (tertiary/aromatic N) is 2. The fourth-order valence-corrected chi connectivity index (χ4v) is 3.01. The lowest BCUT2D eigenvalue weighted by Gasteiger charge is -2.37. The molecule has 2 saturated heterocycles. The summed E-state index contributed by atoms with van der Waals surface area (Å²) in [4.78, 5) is 28.6. The predicted octanol–water partition coefficient (Wildman–Crippen LogP) is 0.703. The van der Waals surface area contributed by atoms with Gasteiger partial charge in [-0.05, 0) is 19.3 Å². The lowest BCUT2D eigenvalue weighted by Crippen LogP contribution is -2.52. The summed E-state index contributed by atoms with van der Waals surface area (Å²) in [6.45, 7) is 8.81. The smallest absolute Gasteiger partial charge is 0.227 e. The van der Waals surface area contributed by atoms with Crippen LogP contribution in [0.1, 0.15) is 33.1 Å². The summed E-state index contributed by atoms with van der Waals surface area (Å²) in [6, 6.07) is 0. The molecule has 5 heteroatoms. The van der Waals surface area contributed by atoms with Crippen molar-refractivity contribution in [2.45, 2.75) is 33.1 Å². The molecule has 0 aliphatic carbocycles. The number of nitrogens with one attached hydrogen (secondary N) is 1. The van der Waals surface area contributed by atoms with Crippen molar-refractivity contribution < 1.29 is 9.59 Å². The van der Waals surface area contributed by atoms with Crippen LogP contribution in [0.25, 0.3) is 0 Å². The van der Waals surface area contributed by atoms with Gasteiger partial charge in [-0.1, -0.05) is 13.8 Å². The minimum Gasteiger partial charge on any atom is -0.342 e. The first-order chi connectivity index (χ1) is 9.63. The molecule has 2 heterocycles. The molecule has 5 nitrogen and oxygen atoms in total. The summed E-state index contributed by atoms with van der Waals surface area (Å²) >= 11 is 0. The average Bonchev–Trinajstić information content (AvgIpc) is 2.53. The van der Waals surface area contributed by atoms with Gasteiger partial charge >= 0.3 is 0 Å². The van der Waals surface area contributed by atoms with E-state index in [4.69, 9.17) is 0 Å². The van der Waals surface area contributed by atoms with Gasteiger partial charge in [-0.3, -0.25) is 9.59 Å². The quantitative estimate of drug-likeness (QED) is 0.828. The first-order valence-electron chi connectivity index (χ1n) is 7.91. The average molecular weight is 281 g/mol. The predicted molar refractivity (Wildman–Crippen MR) is 78.2 cm³/mol. The lowest BCUT2D eigenvalue weighted by atomic mass is 9.94. The fraction of sp³-hybridized carbons (Fsp3) is 0.867. The van der Waals surface area contributed by atoms with E-state index in [0.717, 1.165) is 52.0 Å². The molecule has 0 radical (unpaired) electrons. The molecule has 1 N–H and O–H groups in total. The third-order valence-corrected chi connectivity index (χ3v) is 4.54. The third kappa shape index (κ3) is 3.51. The number of carbonyl (C=O) groups excluding carboxylic acids is 2. The van der Waals surface area contributed by atoms with Crippen LogP contribution in [-0.2, 0) is 9.59 Å². The van der Waals surface area contributed by atoms with Crippen molar-refractivity contribution >= 4 is 11.8 Å². The van der Waals surface area contributed by atoms with Gasteiger partial charge in [0, 0.05) is 45.2 Å². The van der Waals surface area contributed by atoms with Crippen LogP contribution in [0.4, 0.5) is 0 Å². The van der Waals surface area contributed by atoms with E-state index in [1.165, 1.54) is 0 Å². The summed E-state index contributed by atoms with van der Waals surface area (Å²) in [5, 5.41) is 3.26. The van der Waals surface area contributed by atoms with Crippen molar-refractivity contribution in [3.8, 4) is 0 Å². The minimum atomic E-state index is 0.00913. The molecular weight excluding hydrogens is 254 g/mol. The summed E-state index contributed by atoms with van der Waals surface area (Å²) in [6.07, 6.45) is 2.74. The second-order valence-electron chi connectivity index (χ2n) is 6.01. The number of rotatable bonds is 3. The van der Waals surface area contributed by atoms with Gasteiger partial charge in [-0.15, -0.1) is 0 Å². The van der Waals surface area contributed by atoms with Crippen LogP contribution >= 0.6 is 0 Å². The van der Waals surface area contributed by atoms with Crippen molar-refractivity contribution in [1.29, 1.82) is 0 Å². The Labute approximate surface area is 121 Å². The van der Waals surface area contributed by atoms with E-state index in [9.17, 15) is 9.59 Å². The summed E-state index contributed by atoms with van der Waals surface area (Å²) in [5.41, 5.74) is 0. The van der Waals surface area contributed by atoms with E-state index >= 15 is 0 Å². The first-order valence-corrected chi connectivity index (χ1v) is 7.91. The fourth-order valence-electron chi connectivity index (χ4n) is 3.01. The Bertz CT molecular complexity index is 353. The largest absolute Gasteiger partial charge is 0.342 e. The van der Waals surface area contributed by atoms with E-state index in [2.05, 4.69) is 5.32 Å². The van der Waals surface area contributed by atoms with E-state index in [-0.39, 0.29) is 23.7 Å². The molecule has 0 spiro atoms. The number of likely N-dealkylation sites (tertiary alicyclic amines) is 1. The highest BCUT2D eigenvalue weighted by Gasteiger charge is 2.32. The van der Waals surface area contributed by atoms with Crippen LogP contribution in [0.3, 0.4) is 0 Å². The normalized spacial score (nSPS) is 25.4. The molecule has 0 aromatic rings. The maximum Gasteiger partial charge on any atom is 0.227 e. The number of piperidine rings is 1. The van der Waals surface area contributed by atoms with Crippen LogP contribution in [0, 0.1) is 11.8 Å². The van der Waals surface area contributed by atoms with Crippen LogP contribution < -0.4 is 5.32 Å². The highest BCUT2D eigenvalue weighted by molar-refractivity contribution is 5.82. The van der Waals surface area contributed by atoms with Crippen molar-refractivity contribution in [3.05, 3.63) is 0 Å². The maximum absolute atomic E-state index is 12.5. The molecular formula is C15H27N3O2. The first kappa shape index (κ1) is 15.3. The Morgan fingerprint density at radius 2 is 1.90 bits per heavy atom. The molecule has 2 rings (SSSR count). The topological polar surface area (TPSA) is 52.7 Å². The van der Waals surface area contributed by atoms with Gasteiger partial charge < -0.3 is 15.1 Å². The summed E-state index contributed by atoms with van der Waals surface area (Å²) in [5.74, 6) is 0.538. The Balaban J connectivity index is 1.92. The molecule has 20 heavy (non-hydrogen) atoms. The molecule has 2 aliphatic rings. The minimum absolute atomic E-state index is 0.00913.